The summed E-state index contributed by atoms with van der Waals surface area (Å²) in [5.74, 6) is 1.72. The fourth-order valence-electron chi connectivity index (χ4n) is 3.05. The van der Waals surface area contributed by atoms with Crippen molar-refractivity contribution < 1.29 is 4.79 Å². The van der Waals surface area contributed by atoms with Gasteiger partial charge in [0.15, 0.2) is 5.96 Å². The number of nitrogens with zero attached hydrogens (tertiary/aromatic N) is 3. The maximum Gasteiger partial charge on any atom is 0.251 e. The van der Waals surface area contributed by atoms with Crippen LogP contribution in [0.25, 0.3) is 0 Å². The van der Waals surface area contributed by atoms with E-state index < -0.39 is 0 Å². The summed E-state index contributed by atoms with van der Waals surface area (Å²) in [6.45, 7) is 6.55. The van der Waals surface area contributed by atoms with Crippen LogP contribution in [0.2, 0.25) is 0 Å². The number of hydrogen-bond acceptors (Lipinski definition) is 3. The van der Waals surface area contributed by atoms with Crippen molar-refractivity contribution in [2.24, 2.45) is 10.9 Å². The molecule has 0 spiro atoms. The number of nitrogens with one attached hydrogen (secondary N) is 2. The summed E-state index contributed by atoms with van der Waals surface area (Å²) in [7, 11) is 5.82. The van der Waals surface area contributed by atoms with E-state index in [1.807, 2.05) is 50.3 Å². The molecule has 1 aliphatic rings. The number of carbonyl (C=O) groups excluding carboxylic acids is 1. The summed E-state index contributed by atoms with van der Waals surface area (Å²) in [4.78, 5) is 21.0. The van der Waals surface area contributed by atoms with Crippen molar-refractivity contribution >= 4 is 11.9 Å². The first-order valence-electron chi connectivity index (χ1n) is 9.47. The second-order valence-electron chi connectivity index (χ2n) is 7.33. The largest absolute Gasteiger partial charge is 0.352 e. The zero-order valence-electron chi connectivity index (χ0n) is 16.6. The highest BCUT2D eigenvalue weighted by Crippen LogP contribution is 2.16. The molecule has 0 aromatic heterocycles. The number of guanidine groups is 1. The number of rotatable bonds is 6. The van der Waals surface area contributed by atoms with Crippen LogP contribution in [0, 0.1) is 5.92 Å². The molecule has 0 aliphatic carbocycles. The summed E-state index contributed by atoms with van der Waals surface area (Å²) < 4.78 is 0. The monoisotopic (exact) mass is 359 g/mol. The van der Waals surface area contributed by atoms with E-state index >= 15 is 0 Å². The number of carbonyl (C=O) groups is 1. The van der Waals surface area contributed by atoms with Crippen LogP contribution in [0.15, 0.2) is 29.3 Å². The van der Waals surface area contributed by atoms with Gasteiger partial charge in [0.25, 0.3) is 5.91 Å². The van der Waals surface area contributed by atoms with Gasteiger partial charge in [-0.05, 0) is 50.6 Å². The number of hydrogen-bond donors (Lipinski definition) is 2. The van der Waals surface area contributed by atoms with E-state index in [1.54, 1.807) is 0 Å². The summed E-state index contributed by atoms with van der Waals surface area (Å²) >= 11 is 0. The normalized spacial score (nSPS) is 16.0. The molecular weight excluding hydrogens is 326 g/mol. The maximum absolute atomic E-state index is 12.3. The number of amides is 1. The van der Waals surface area contributed by atoms with E-state index in [0.717, 1.165) is 37.1 Å². The predicted molar refractivity (Wildman–Crippen MR) is 107 cm³/mol. The van der Waals surface area contributed by atoms with Crippen molar-refractivity contribution in [2.45, 2.75) is 26.3 Å². The molecule has 1 fully saturated rings. The second kappa shape index (κ2) is 10.2. The Labute approximate surface area is 157 Å². The van der Waals surface area contributed by atoms with Gasteiger partial charge in [-0.25, -0.2) is 0 Å². The molecule has 1 aromatic carbocycles. The lowest BCUT2D eigenvalue weighted by Gasteiger charge is -2.32. The Morgan fingerprint density at radius 1 is 1.27 bits per heavy atom. The van der Waals surface area contributed by atoms with Crippen LogP contribution in [0.3, 0.4) is 0 Å². The lowest BCUT2D eigenvalue weighted by Crippen LogP contribution is -2.45. The van der Waals surface area contributed by atoms with Gasteiger partial charge in [-0.2, -0.15) is 0 Å². The van der Waals surface area contributed by atoms with Crippen LogP contribution < -0.4 is 10.6 Å². The van der Waals surface area contributed by atoms with Crippen LogP contribution in [0.1, 0.15) is 35.7 Å². The van der Waals surface area contributed by atoms with Crippen LogP contribution in [0.4, 0.5) is 0 Å². The highest BCUT2D eigenvalue weighted by molar-refractivity contribution is 5.94. The highest BCUT2D eigenvalue weighted by Gasteiger charge is 2.18. The Morgan fingerprint density at radius 2 is 2.00 bits per heavy atom. The fourth-order valence-corrected chi connectivity index (χ4v) is 3.05. The first-order valence-corrected chi connectivity index (χ1v) is 9.47. The maximum atomic E-state index is 12.3. The van der Waals surface area contributed by atoms with E-state index in [9.17, 15) is 4.79 Å². The molecule has 0 bridgehead atoms. The average molecular weight is 360 g/mol. The Hall–Kier alpha value is -2.08. The molecule has 2 N–H and O–H groups in total. The van der Waals surface area contributed by atoms with Gasteiger partial charge < -0.3 is 20.4 Å². The van der Waals surface area contributed by atoms with Crippen molar-refractivity contribution in [3.05, 3.63) is 35.4 Å². The molecule has 0 unspecified atom stereocenters. The van der Waals surface area contributed by atoms with Gasteiger partial charge in [-0.15, -0.1) is 0 Å². The first-order chi connectivity index (χ1) is 12.5. The highest BCUT2D eigenvalue weighted by atomic mass is 16.1. The molecule has 2 rings (SSSR count). The summed E-state index contributed by atoms with van der Waals surface area (Å²) in [6, 6.07) is 7.78. The number of likely N-dealkylation sites (N-methyl/N-ethyl adjacent to an activating group) is 1. The Balaban J connectivity index is 1.88. The molecule has 1 saturated heterocycles. The predicted octanol–water partition coefficient (Wildman–Crippen LogP) is 1.79. The van der Waals surface area contributed by atoms with Gasteiger partial charge in [-0.3, -0.25) is 9.79 Å². The van der Waals surface area contributed by atoms with Crippen LogP contribution in [0.5, 0.6) is 0 Å². The minimum Gasteiger partial charge on any atom is -0.352 e. The molecule has 6 heteroatoms. The van der Waals surface area contributed by atoms with Gasteiger partial charge >= 0.3 is 0 Å². The van der Waals surface area contributed by atoms with Gasteiger partial charge in [-0.1, -0.05) is 19.1 Å². The fraction of sp³-hybridized carbons (Fsp3) is 0.600. The summed E-state index contributed by atoms with van der Waals surface area (Å²) in [6.07, 6.45) is 2.42. The van der Waals surface area contributed by atoms with E-state index in [0.29, 0.717) is 18.7 Å². The van der Waals surface area contributed by atoms with E-state index in [4.69, 9.17) is 0 Å². The number of benzene rings is 1. The number of aliphatic imine (C=N–C) groups is 1. The third kappa shape index (κ3) is 6.33. The van der Waals surface area contributed by atoms with Crippen LogP contribution in [-0.4, -0.2) is 69.0 Å². The third-order valence-electron chi connectivity index (χ3n) is 4.78. The molecule has 1 aromatic rings. The minimum absolute atomic E-state index is 0.0249. The summed E-state index contributed by atoms with van der Waals surface area (Å²) in [5.41, 5.74) is 1.78. The Morgan fingerprint density at radius 3 is 2.65 bits per heavy atom. The van der Waals surface area contributed by atoms with E-state index in [1.165, 1.54) is 12.8 Å². The van der Waals surface area contributed by atoms with E-state index in [2.05, 4.69) is 27.4 Å². The van der Waals surface area contributed by atoms with Gasteiger partial charge in [0.1, 0.15) is 0 Å². The minimum atomic E-state index is -0.0249. The van der Waals surface area contributed by atoms with Crippen molar-refractivity contribution in [1.29, 1.82) is 0 Å². The molecule has 0 atom stereocenters. The molecular formula is C20H33N5O. The molecule has 0 saturated carbocycles. The smallest absolute Gasteiger partial charge is 0.251 e. The van der Waals surface area contributed by atoms with Crippen LogP contribution >= 0.6 is 0 Å². The van der Waals surface area contributed by atoms with Crippen molar-refractivity contribution in [1.82, 2.24) is 20.4 Å². The molecule has 26 heavy (non-hydrogen) atoms. The molecule has 6 nitrogen and oxygen atoms in total. The van der Waals surface area contributed by atoms with Gasteiger partial charge in [0.05, 0.1) is 0 Å². The quantitative estimate of drug-likeness (QED) is 0.600. The van der Waals surface area contributed by atoms with Crippen molar-refractivity contribution in [2.75, 3.05) is 47.3 Å². The van der Waals surface area contributed by atoms with Crippen LogP contribution in [-0.2, 0) is 6.54 Å². The number of likely N-dealkylation sites (tertiary alicyclic amines) is 1. The lowest BCUT2D eigenvalue weighted by atomic mass is 9.99. The van der Waals surface area contributed by atoms with Crippen molar-refractivity contribution in [3.8, 4) is 0 Å². The SMILES string of the molecule is CN=C(NCc1cccc(C(=O)NCCN(C)C)c1)N1CCC(C)CC1. The standard InChI is InChI=1S/C20H33N5O/c1-16-8-11-25(12-9-16)20(21-2)23-15-17-6-5-7-18(14-17)19(26)22-10-13-24(3)4/h5-7,14,16H,8-13,15H2,1-4H3,(H,21,23)(H,22,26). The zero-order chi connectivity index (χ0) is 18.9. The molecule has 1 aliphatic heterocycles. The number of piperidine rings is 1. The molecule has 1 amide bonds. The Kier molecular flexibility index (Phi) is 7.91. The zero-order valence-corrected chi connectivity index (χ0v) is 16.6. The lowest BCUT2D eigenvalue weighted by molar-refractivity contribution is 0.0951. The summed E-state index contributed by atoms with van der Waals surface area (Å²) in [5, 5.41) is 6.39. The van der Waals surface area contributed by atoms with Crippen molar-refractivity contribution in [3.63, 3.8) is 0 Å². The topological polar surface area (TPSA) is 60.0 Å². The molecule has 0 radical (unpaired) electrons. The molecule has 144 valence electrons. The third-order valence-corrected chi connectivity index (χ3v) is 4.78. The van der Waals surface area contributed by atoms with E-state index in [-0.39, 0.29) is 5.91 Å². The molecule has 1 heterocycles. The average Bonchev–Trinajstić information content (AvgIpc) is 2.63. The van der Waals surface area contributed by atoms with Gasteiger partial charge in [0, 0.05) is 45.3 Å². The Bertz CT molecular complexity index is 606. The van der Waals surface area contributed by atoms with Gasteiger partial charge in [0.2, 0.25) is 0 Å². The second-order valence-corrected chi connectivity index (χ2v) is 7.33. The first kappa shape index (κ1) is 20.2.